The Morgan fingerprint density at radius 3 is 2.50 bits per heavy atom. The summed E-state index contributed by atoms with van der Waals surface area (Å²) in [5, 5.41) is 9.89. The number of rotatable bonds is 5. The number of hydrogen-bond donors (Lipinski definition) is 0. The van der Waals surface area contributed by atoms with Crippen LogP contribution >= 0.6 is 0 Å². The van der Waals surface area contributed by atoms with Gasteiger partial charge in [0, 0.05) is 4.92 Å². The van der Waals surface area contributed by atoms with Crippen LogP contribution in [-0.2, 0) is 0 Å². The third kappa shape index (κ3) is 5.50. The lowest BCUT2D eigenvalue weighted by molar-refractivity contribution is -0.480. The smallest absolute Gasteiger partial charge is 0.216 e. The summed E-state index contributed by atoms with van der Waals surface area (Å²) in [6.07, 6.45) is 1.05. The van der Waals surface area contributed by atoms with Crippen LogP contribution in [0.2, 0.25) is 0 Å². The maximum Gasteiger partial charge on any atom is 0.216 e. The highest BCUT2D eigenvalue weighted by molar-refractivity contribution is 4.46. The SMILES string of the molecule is CCCN(C)CC[N+](=O)[O-]. The fourth-order valence-corrected chi connectivity index (χ4v) is 0.746. The second-order valence-corrected chi connectivity index (χ2v) is 2.36. The predicted molar refractivity (Wildman–Crippen MR) is 39.6 cm³/mol. The molecule has 60 valence electrons. The Morgan fingerprint density at radius 1 is 1.50 bits per heavy atom. The molecule has 0 radical (unpaired) electrons. The first-order valence-corrected chi connectivity index (χ1v) is 3.47. The minimum atomic E-state index is -0.286. The Balaban J connectivity index is 3.21. The van der Waals surface area contributed by atoms with Gasteiger partial charge in [0.05, 0.1) is 6.54 Å². The second-order valence-electron chi connectivity index (χ2n) is 2.36. The zero-order valence-electron chi connectivity index (χ0n) is 6.54. The van der Waals surface area contributed by atoms with Crippen molar-refractivity contribution in [2.75, 3.05) is 26.7 Å². The van der Waals surface area contributed by atoms with Crippen LogP contribution in [0.5, 0.6) is 0 Å². The van der Waals surface area contributed by atoms with Crippen LogP contribution in [0.25, 0.3) is 0 Å². The molecule has 0 rings (SSSR count). The van der Waals surface area contributed by atoms with Crippen molar-refractivity contribution in [2.45, 2.75) is 13.3 Å². The lowest BCUT2D eigenvalue weighted by Crippen LogP contribution is -2.25. The Hall–Kier alpha value is -0.640. The van der Waals surface area contributed by atoms with E-state index in [4.69, 9.17) is 0 Å². The van der Waals surface area contributed by atoms with Gasteiger partial charge in [-0.3, -0.25) is 10.1 Å². The van der Waals surface area contributed by atoms with Crippen LogP contribution in [0.3, 0.4) is 0 Å². The highest BCUT2D eigenvalue weighted by atomic mass is 16.6. The zero-order chi connectivity index (χ0) is 7.98. The molecule has 0 unspecified atom stereocenters. The van der Waals surface area contributed by atoms with Crippen molar-refractivity contribution in [2.24, 2.45) is 0 Å². The van der Waals surface area contributed by atoms with E-state index in [-0.39, 0.29) is 11.5 Å². The van der Waals surface area contributed by atoms with Gasteiger partial charge >= 0.3 is 0 Å². The first kappa shape index (κ1) is 9.36. The van der Waals surface area contributed by atoms with Gasteiger partial charge in [-0.25, -0.2) is 0 Å². The van der Waals surface area contributed by atoms with Crippen LogP contribution in [0, 0.1) is 10.1 Å². The van der Waals surface area contributed by atoms with Crippen molar-refractivity contribution in [1.29, 1.82) is 0 Å². The monoisotopic (exact) mass is 146 g/mol. The lowest BCUT2D eigenvalue weighted by atomic mass is 10.4. The maximum absolute atomic E-state index is 9.89. The minimum Gasteiger partial charge on any atom is -0.300 e. The topological polar surface area (TPSA) is 46.4 Å². The molecule has 0 aliphatic carbocycles. The van der Waals surface area contributed by atoms with Crippen molar-refractivity contribution in [3.63, 3.8) is 0 Å². The molecule has 0 aromatic rings. The first-order chi connectivity index (χ1) is 4.66. The van der Waals surface area contributed by atoms with E-state index < -0.39 is 0 Å². The van der Waals surface area contributed by atoms with Crippen molar-refractivity contribution in [3.8, 4) is 0 Å². The standard InChI is InChI=1S/C6H14N2O2/c1-3-4-7(2)5-6-8(9)10/h3-6H2,1-2H3. The maximum atomic E-state index is 9.89. The van der Waals surface area contributed by atoms with Crippen LogP contribution in [0.1, 0.15) is 13.3 Å². The molecule has 0 aromatic carbocycles. The van der Waals surface area contributed by atoms with Gasteiger partial charge in [-0.15, -0.1) is 0 Å². The molecule has 0 saturated carbocycles. The second kappa shape index (κ2) is 5.17. The van der Waals surface area contributed by atoms with Gasteiger partial charge in [-0.1, -0.05) is 6.92 Å². The molecule has 10 heavy (non-hydrogen) atoms. The first-order valence-electron chi connectivity index (χ1n) is 3.47. The van der Waals surface area contributed by atoms with E-state index in [0.717, 1.165) is 13.0 Å². The van der Waals surface area contributed by atoms with Gasteiger partial charge in [0.2, 0.25) is 6.54 Å². The fourth-order valence-electron chi connectivity index (χ4n) is 0.746. The normalized spacial score (nSPS) is 10.3. The molecular formula is C6H14N2O2. The average molecular weight is 146 g/mol. The number of nitrogens with zero attached hydrogens (tertiary/aromatic N) is 2. The summed E-state index contributed by atoms with van der Waals surface area (Å²) in [5.41, 5.74) is 0. The highest BCUT2D eigenvalue weighted by Crippen LogP contribution is 1.84. The van der Waals surface area contributed by atoms with Gasteiger partial charge in [-0.05, 0) is 20.0 Å². The van der Waals surface area contributed by atoms with E-state index in [1.54, 1.807) is 0 Å². The van der Waals surface area contributed by atoms with E-state index in [1.165, 1.54) is 0 Å². The minimum absolute atomic E-state index is 0.0521. The molecule has 0 aromatic heterocycles. The number of likely N-dealkylation sites (N-methyl/N-ethyl adjacent to an activating group) is 1. The largest absolute Gasteiger partial charge is 0.300 e. The van der Waals surface area contributed by atoms with Crippen molar-refractivity contribution < 1.29 is 4.92 Å². The summed E-state index contributed by atoms with van der Waals surface area (Å²) in [4.78, 5) is 11.6. The van der Waals surface area contributed by atoms with Gasteiger partial charge in [0.1, 0.15) is 0 Å². The van der Waals surface area contributed by atoms with Crippen molar-refractivity contribution in [1.82, 2.24) is 4.90 Å². The molecule has 0 amide bonds. The summed E-state index contributed by atoms with van der Waals surface area (Å²) in [5.74, 6) is 0. The molecule has 0 saturated heterocycles. The molecule has 0 fully saturated rings. The summed E-state index contributed by atoms with van der Waals surface area (Å²) in [6, 6.07) is 0. The Kier molecular flexibility index (Phi) is 4.84. The Labute approximate surface area is 61.0 Å². The summed E-state index contributed by atoms with van der Waals surface area (Å²) < 4.78 is 0. The lowest BCUT2D eigenvalue weighted by Gasteiger charge is -2.11. The predicted octanol–water partition coefficient (Wildman–Crippen LogP) is 0.605. The number of hydrogen-bond acceptors (Lipinski definition) is 3. The molecule has 0 heterocycles. The van der Waals surface area contributed by atoms with Crippen LogP contribution in [0.15, 0.2) is 0 Å². The van der Waals surface area contributed by atoms with Gasteiger partial charge in [-0.2, -0.15) is 0 Å². The van der Waals surface area contributed by atoms with E-state index >= 15 is 0 Å². The molecule has 0 bridgehead atoms. The molecule has 0 atom stereocenters. The Morgan fingerprint density at radius 2 is 2.10 bits per heavy atom. The molecule has 0 spiro atoms. The summed E-state index contributed by atoms with van der Waals surface area (Å²) in [6.45, 7) is 3.60. The van der Waals surface area contributed by atoms with E-state index in [2.05, 4.69) is 6.92 Å². The van der Waals surface area contributed by atoms with E-state index in [9.17, 15) is 10.1 Å². The van der Waals surface area contributed by atoms with Crippen LogP contribution < -0.4 is 0 Å². The van der Waals surface area contributed by atoms with Crippen molar-refractivity contribution >= 4 is 0 Å². The summed E-state index contributed by atoms with van der Waals surface area (Å²) in [7, 11) is 1.90. The quantitative estimate of drug-likeness (QED) is 0.421. The fraction of sp³-hybridized carbons (Fsp3) is 1.00. The molecular weight excluding hydrogens is 132 g/mol. The molecule has 0 N–H and O–H groups in total. The van der Waals surface area contributed by atoms with Crippen LogP contribution in [-0.4, -0.2) is 36.5 Å². The molecule has 4 nitrogen and oxygen atoms in total. The third-order valence-corrected chi connectivity index (χ3v) is 1.27. The van der Waals surface area contributed by atoms with Gasteiger partial charge in [0.25, 0.3) is 0 Å². The zero-order valence-corrected chi connectivity index (χ0v) is 6.54. The van der Waals surface area contributed by atoms with Crippen LogP contribution in [0.4, 0.5) is 0 Å². The average Bonchev–Trinajstić information content (AvgIpc) is 1.85. The summed E-state index contributed by atoms with van der Waals surface area (Å²) >= 11 is 0. The number of nitro groups is 1. The van der Waals surface area contributed by atoms with Gasteiger partial charge < -0.3 is 4.90 Å². The molecule has 0 aliphatic rings. The molecule has 4 heteroatoms. The highest BCUT2D eigenvalue weighted by Gasteiger charge is 2.00. The Bertz CT molecular complexity index is 106. The molecule has 0 aliphatic heterocycles. The van der Waals surface area contributed by atoms with Crippen molar-refractivity contribution in [3.05, 3.63) is 10.1 Å². The van der Waals surface area contributed by atoms with E-state index in [1.807, 2.05) is 11.9 Å². The van der Waals surface area contributed by atoms with E-state index in [0.29, 0.717) is 6.54 Å². The van der Waals surface area contributed by atoms with Gasteiger partial charge in [0.15, 0.2) is 0 Å². The third-order valence-electron chi connectivity index (χ3n) is 1.27.